The Bertz CT molecular complexity index is 886. The first-order valence-corrected chi connectivity index (χ1v) is 11.0. The molecule has 0 saturated carbocycles. The molecule has 30 heavy (non-hydrogen) atoms. The van der Waals surface area contributed by atoms with Crippen molar-refractivity contribution in [3.8, 4) is 0 Å². The van der Waals surface area contributed by atoms with Crippen molar-refractivity contribution in [2.45, 2.75) is 45.7 Å². The first kappa shape index (κ1) is 22.3. The van der Waals surface area contributed by atoms with Gasteiger partial charge in [0.2, 0.25) is 5.91 Å². The lowest BCUT2D eigenvalue weighted by Gasteiger charge is -2.32. The zero-order chi connectivity index (χ0) is 21.5. The minimum absolute atomic E-state index is 0.0392. The lowest BCUT2D eigenvalue weighted by atomic mass is 9.96. The summed E-state index contributed by atoms with van der Waals surface area (Å²) in [7, 11) is 0. The second-order valence-corrected chi connectivity index (χ2v) is 8.39. The molecule has 6 heteroatoms. The molecule has 2 N–H and O–H groups in total. The van der Waals surface area contributed by atoms with Gasteiger partial charge in [0.15, 0.2) is 0 Å². The highest BCUT2D eigenvalue weighted by Gasteiger charge is 2.27. The van der Waals surface area contributed by atoms with Crippen molar-refractivity contribution in [2.24, 2.45) is 5.92 Å². The van der Waals surface area contributed by atoms with Crippen molar-refractivity contribution in [3.05, 3.63) is 64.7 Å². The molecule has 1 fully saturated rings. The van der Waals surface area contributed by atoms with Crippen LogP contribution in [0.3, 0.4) is 0 Å². The Morgan fingerprint density at radius 1 is 1.17 bits per heavy atom. The van der Waals surface area contributed by atoms with E-state index in [0.717, 1.165) is 42.9 Å². The molecule has 0 aliphatic carbocycles. The van der Waals surface area contributed by atoms with Crippen LogP contribution in [0.2, 0.25) is 5.02 Å². The summed E-state index contributed by atoms with van der Waals surface area (Å²) in [6, 6.07) is 15.1. The molecule has 160 valence electrons. The van der Waals surface area contributed by atoms with E-state index in [9.17, 15) is 9.59 Å². The Hall–Kier alpha value is -2.37. The van der Waals surface area contributed by atoms with Crippen LogP contribution in [-0.2, 0) is 11.3 Å². The number of hydrogen-bond donors (Lipinski definition) is 2. The highest BCUT2D eigenvalue weighted by Crippen LogP contribution is 2.24. The minimum atomic E-state index is -0.163. The number of anilines is 1. The average molecular weight is 428 g/mol. The molecule has 0 spiro atoms. The molecule has 2 atom stereocenters. The average Bonchev–Trinajstić information content (AvgIpc) is 2.75. The van der Waals surface area contributed by atoms with Gasteiger partial charge in [0.25, 0.3) is 5.91 Å². The Morgan fingerprint density at radius 3 is 2.67 bits per heavy atom. The number of carbonyl (C=O) groups is 2. The summed E-state index contributed by atoms with van der Waals surface area (Å²) in [6.45, 7) is 6.35. The van der Waals surface area contributed by atoms with Crippen LogP contribution in [0.25, 0.3) is 0 Å². The molecule has 1 aliphatic heterocycles. The molecular weight excluding hydrogens is 398 g/mol. The van der Waals surface area contributed by atoms with E-state index in [4.69, 9.17) is 11.6 Å². The zero-order valence-corrected chi connectivity index (χ0v) is 18.4. The van der Waals surface area contributed by atoms with E-state index in [-0.39, 0.29) is 23.8 Å². The molecule has 1 heterocycles. The zero-order valence-electron chi connectivity index (χ0n) is 17.7. The van der Waals surface area contributed by atoms with Gasteiger partial charge in [-0.05, 0) is 56.5 Å². The van der Waals surface area contributed by atoms with Crippen LogP contribution in [0.4, 0.5) is 5.69 Å². The van der Waals surface area contributed by atoms with Crippen molar-refractivity contribution in [1.29, 1.82) is 0 Å². The maximum atomic E-state index is 13.0. The molecule has 2 unspecified atom stereocenters. The van der Waals surface area contributed by atoms with Crippen molar-refractivity contribution in [2.75, 3.05) is 18.4 Å². The van der Waals surface area contributed by atoms with E-state index in [1.54, 1.807) is 12.1 Å². The smallest absolute Gasteiger partial charge is 0.253 e. The SMILES string of the molecule is CCC(C)NC(=O)c1ccccc1NC(=O)C1CCCN(Cc2ccccc2Cl)C1. The van der Waals surface area contributed by atoms with Gasteiger partial charge in [-0.1, -0.05) is 48.9 Å². The van der Waals surface area contributed by atoms with Crippen LogP contribution >= 0.6 is 11.6 Å². The fourth-order valence-corrected chi connectivity index (χ4v) is 3.90. The highest BCUT2D eigenvalue weighted by molar-refractivity contribution is 6.31. The van der Waals surface area contributed by atoms with E-state index in [1.165, 1.54) is 0 Å². The molecular formula is C24H30ClN3O2. The number of carbonyl (C=O) groups excluding carboxylic acids is 2. The quantitative estimate of drug-likeness (QED) is 0.672. The summed E-state index contributed by atoms with van der Waals surface area (Å²) in [5, 5.41) is 6.72. The maximum Gasteiger partial charge on any atom is 0.253 e. The van der Waals surface area contributed by atoms with Crippen LogP contribution in [0.15, 0.2) is 48.5 Å². The standard InChI is InChI=1S/C24H30ClN3O2/c1-3-17(2)26-24(30)20-11-5-7-13-22(20)27-23(29)19-10-8-14-28(16-19)15-18-9-4-6-12-21(18)25/h4-7,9,11-13,17,19H,3,8,10,14-16H2,1-2H3,(H,26,30)(H,27,29). The molecule has 2 aromatic carbocycles. The highest BCUT2D eigenvalue weighted by atomic mass is 35.5. The van der Waals surface area contributed by atoms with Crippen molar-refractivity contribution in [1.82, 2.24) is 10.2 Å². The Balaban J connectivity index is 1.64. The lowest BCUT2D eigenvalue weighted by molar-refractivity contribution is -0.121. The number of nitrogens with one attached hydrogen (secondary N) is 2. The van der Waals surface area contributed by atoms with Crippen LogP contribution in [-0.4, -0.2) is 35.8 Å². The fourth-order valence-electron chi connectivity index (χ4n) is 3.71. The largest absolute Gasteiger partial charge is 0.350 e. The second-order valence-electron chi connectivity index (χ2n) is 7.98. The number of benzene rings is 2. The summed E-state index contributed by atoms with van der Waals surface area (Å²) in [5.41, 5.74) is 2.13. The van der Waals surface area contributed by atoms with Gasteiger partial charge in [-0.25, -0.2) is 0 Å². The monoisotopic (exact) mass is 427 g/mol. The molecule has 2 amide bonds. The van der Waals surface area contributed by atoms with E-state index >= 15 is 0 Å². The number of hydrogen-bond acceptors (Lipinski definition) is 3. The number of para-hydroxylation sites is 1. The molecule has 1 aliphatic rings. The molecule has 5 nitrogen and oxygen atoms in total. The molecule has 0 bridgehead atoms. The third-order valence-electron chi connectivity index (χ3n) is 5.65. The van der Waals surface area contributed by atoms with E-state index in [1.807, 2.05) is 50.2 Å². The van der Waals surface area contributed by atoms with Crippen molar-refractivity contribution >= 4 is 29.1 Å². The van der Waals surface area contributed by atoms with Gasteiger partial charge in [0.05, 0.1) is 17.2 Å². The summed E-state index contributed by atoms with van der Waals surface area (Å²) in [5.74, 6) is -0.321. The topological polar surface area (TPSA) is 61.4 Å². The van der Waals surface area contributed by atoms with Gasteiger partial charge in [0.1, 0.15) is 0 Å². The van der Waals surface area contributed by atoms with E-state index in [0.29, 0.717) is 17.8 Å². The van der Waals surface area contributed by atoms with Crippen LogP contribution in [0, 0.1) is 5.92 Å². The van der Waals surface area contributed by atoms with Gasteiger partial charge in [0, 0.05) is 24.2 Å². The van der Waals surface area contributed by atoms with Crippen LogP contribution in [0.1, 0.15) is 49.0 Å². The summed E-state index contributed by atoms with van der Waals surface area (Å²) >= 11 is 6.30. The number of piperidine rings is 1. The van der Waals surface area contributed by atoms with Gasteiger partial charge in [-0.2, -0.15) is 0 Å². The summed E-state index contributed by atoms with van der Waals surface area (Å²) in [6.07, 6.45) is 2.65. The molecule has 1 saturated heterocycles. The summed E-state index contributed by atoms with van der Waals surface area (Å²) < 4.78 is 0. The molecule has 2 aromatic rings. The first-order valence-electron chi connectivity index (χ1n) is 10.6. The fraction of sp³-hybridized carbons (Fsp3) is 0.417. The minimum Gasteiger partial charge on any atom is -0.350 e. The van der Waals surface area contributed by atoms with E-state index in [2.05, 4.69) is 15.5 Å². The maximum absolute atomic E-state index is 13.0. The van der Waals surface area contributed by atoms with Gasteiger partial charge in [-0.3, -0.25) is 14.5 Å². The second kappa shape index (κ2) is 10.6. The summed E-state index contributed by atoms with van der Waals surface area (Å²) in [4.78, 5) is 27.9. The third kappa shape index (κ3) is 5.83. The van der Waals surface area contributed by atoms with Gasteiger partial charge < -0.3 is 10.6 Å². The van der Waals surface area contributed by atoms with Crippen molar-refractivity contribution < 1.29 is 9.59 Å². The first-order chi connectivity index (χ1) is 14.5. The number of rotatable bonds is 7. The van der Waals surface area contributed by atoms with Gasteiger partial charge in [-0.15, -0.1) is 0 Å². The molecule has 0 radical (unpaired) electrons. The number of halogens is 1. The van der Waals surface area contributed by atoms with Gasteiger partial charge >= 0.3 is 0 Å². The van der Waals surface area contributed by atoms with E-state index < -0.39 is 0 Å². The predicted octanol–water partition coefficient (Wildman–Crippen LogP) is 4.72. The lowest BCUT2D eigenvalue weighted by Crippen LogP contribution is -2.40. The predicted molar refractivity (Wildman–Crippen MR) is 122 cm³/mol. The van der Waals surface area contributed by atoms with Crippen molar-refractivity contribution in [3.63, 3.8) is 0 Å². The number of likely N-dealkylation sites (tertiary alicyclic amines) is 1. The Morgan fingerprint density at radius 2 is 1.90 bits per heavy atom. The Labute approximate surface area is 183 Å². The normalized spacial score (nSPS) is 17.9. The number of nitrogens with zero attached hydrogens (tertiary/aromatic N) is 1. The van der Waals surface area contributed by atoms with Crippen LogP contribution < -0.4 is 10.6 Å². The third-order valence-corrected chi connectivity index (χ3v) is 6.02. The van der Waals surface area contributed by atoms with Crippen LogP contribution in [0.5, 0.6) is 0 Å². The Kier molecular flexibility index (Phi) is 7.88. The molecule has 0 aromatic heterocycles. The molecule has 3 rings (SSSR count). The number of amides is 2.